The van der Waals surface area contributed by atoms with E-state index in [1.807, 2.05) is 13.0 Å². The number of hydrogen-bond acceptors (Lipinski definition) is 2. The van der Waals surface area contributed by atoms with E-state index < -0.39 is 0 Å². The van der Waals surface area contributed by atoms with Crippen LogP contribution in [0.4, 0.5) is 4.39 Å². The summed E-state index contributed by atoms with van der Waals surface area (Å²) in [6.07, 6.45) is 5.26. The fourth-order valence-corrected chi connectivity index (χ4v) is 3.81. The minimum Gasteiger partial charge on any atom is -0.314 e. The Kier molecular flexibility index (Phi) is 8.12. The van der Waals surface area contributed by atoms with E-state index in [0.29, 0.717) is 12.0 Å². The molecule has 1 aromatic carbocycles. The molecular formula is C17H27Cl2FN2. The number of rotatable bonds is 3. The maximum atomic E-state index is 14.0. The van der Waals surface area contributed by atoms with E-state index >= 15 is 0 Å². The lowest BCUT2D eigenvalue weighted by atomic mass is 9.89. The average Bonchev–Trinajstić information content (AvgIpc) is 2.98. The zero-order valence-corrected chi connectivity index (χ0v) is 14.8. The molecule has 0 spiro atoms. The van der Waals surface area contributed by atoms with E-state index in [9.17, 15) is 4.39 Å². The van der Waals surface area contributed by atoms with Crippen molar-refractivity contribution in [3.63, 3.8) is 0 Å². The zero-order chi connectivity index (χ0) is 13.9. The second-order valence-electron chi connectivity index (χ2n) is 6.28. The molecule has 2 fully saturated rings. The van der Waals surface area contributed by atoms with Crippen LogP contribution in [0.5, 0.6) is 0 Å². The number of benzene rings is 1. The molecule has 0 aromatic heterocycles. The van der Waals surface area contributed by atoms with Gasteiger partial charge in [-0.1, -0.05) is 25.0 Å². The van der Waals surface area contributed by atoms with E-state index in [2.05, 4.69) is 16.3 Å². The van der Waals surface area contributed by atoms with Crippen molar-refractivity contribution >= 4 is 24.8 Å². The third-order valence-corrected chi connectivity index (χ3v) is 4.93. The topological polar surface area (TPSA) is 15.3 Å². The van der Waals surface area contributed by atoms with Gasteiger partial charge in [-0.05, 0) is 42.9 Å². The van der Waals surface area contributed by atoms with Crippen molar-refractivity contribution in [1.82, 2.24) is 10.2 Å². The molecule has 0 unspecified atom stereocenters. The Morgan fingerprint density at radius 3 is 2.36 bits per heavy atom. The molecule has 2 nitrogen and oxygen atoms in total. The van der Waals surface area contributed by atoms with Gasteiger partial charge in [-0.3, -0.25) is 4.90 Å². The summed E-state index contributed by atoms with van der Waals surface area (Å²) in [4.78, 5) is 2.57. The molecule has 22 heavy (non-hydrogen) atoms. The Morgan fingerprint density at radius 2 is 1.77 bits per heavy atom. The molecule has 0 radical (unpaired) electrons. The number of nitrogens with one attached hydrogen (secondary N) is 1. The number of piperazine rings is 1. The Hall–Kier alpha value is -0.350. The van der Waals surface area contributed by atoms with Crippen LogP contribution in [-0.4, -0.2) is 31.1 Å². The fourth-order valence-electron chi connectivity index (χ4n) is 3.81. The van der Waals surface area contributed by atoms with Gasteiger partial charge in [0.25, 0.3) is 0 Å². The molecule has 1 saturated carbocycles. The molecule has 0 amide bonds. The van der Waals surface area contributed by atoms with Gasteiger partial charge in [0.05, 0.1) is 0 Å². The minimum absolute atomic E-state index is 0. The van der Waals surface area contributed by atoms with Crippen LogP contribution in [0.15, 0.2) is 18.2 Å². The van der Waals surface area contributed by atoms with E-state index in [1.165, 1.54) is 31.2 Å². The first-order chi connectivity index (χ1) is 9.75. The van der Waals surface area contributed by atoms with Gasteiger partial charge < -0.3 is 5.32 Å². The fraction of sp³-hybridized carbons (Fsp3) is 0.647. The average molecular weight is 349 g/mol. The first-order valence-corrected chi connectivity index (χ1v) is 7.96. The molecule has 1 aliphatic carbocycles. The normalized spacial score (nSPS) is 21.0. The van der Waals surface area contributed by atoms with Gasteiger partial charge in [-0.15, -0.1) is 24.8 Å². The highest BCUT2D eigenvalue weighted by molar-refractivity contribution is 5.85. The largest absolute Gasteiger partial charge is 0.314 e. The lowest BCUT2D eigenvalue weighted by Gasteiger charge is -2.38. The maximum Gasteiger partial charge on any atom is 0.126 e. The molecule has 1 heterocycles. The summed E-state index contributed by atoms with van der Waals surface area (Å²) in [5.41, 5.74) is 1.93. The molecule has 1 aromatic rings. The van der Waals surface area contributed by atoms with Gasteiger partial charge in [-0.2, -0.15) is 0 Å². The predicted molar refractivity (Wildman–Crippen MR) is 94.8 cm³/mol. The Morgan fingerprint density at radius 1 is 1.14 bits per heavy atom. The SMILES string of the molecule is Cc1ccc([C@H](C2CCCC2)N2CCNCC2)cc1F.Cl.Cl. The van der Waals surface area contributed by atoms with Crippen molar-refractivity contribution in [3.05, 3.63) is 35.1 Å². The second-order valence-corrected chi connectivity index (χ2v) is 6.28. The lowest BCUT2D eigenvalue weighted by Crippen LogP contribution is -2.46. The maximum absolute atomic E-state index is 14.0. The first kappa shape index (κ1) is 19.7. The summed E-state index contributed by atoms with van der Waals surface area (Å²) in [7, 11) is 0. The summed E-state index contributed by atoms with van der Waals surface area (Å²) >= 11 is 0. The van der Waals surface area contributed by atoms with Crippen molar-refractivity contribution in [2.75, 3.05) is 26.2 Å². The van der Waals surface area contributed by atoms with E-state index in [-0.39, 0.29) is 30.6 Å². The van der Waals surface area contributed by atoms with Crippen molar-refractivity contribution in [1.29, 1.82) is 0 Å². The highest BCUT2D eigenvalue weighted by atomic mass is 35.5. The van der Waals surface area contributed by atoms with Crippen molar-refractivity contribution in [3.8, 4) is 0 Å². The van der Waals surface area contributed by atoms with Gasteiger partial charge in [-0.25, -0.2) is 4.39 Å². The lowest BCUT2D eigenvalue weighted by molar-refractivity contribution is 0.125. The molecule has 1 N–H and O–H groups in total. The van der Waals surface area contributed by atoms with Crippen molar-refractivity contribution in [2.45, 2.75) is 38.6 Å². The number of hydrogen-bond donors (Lipinski definition) is 1. The van der Waals surface area contributed by atoms with Gasteiger partial charge >= 0.3 is 0 Å². The van der Waals surface area contributed by atoms with Gasteiger partial charge in [0, 0.05) is 32.2 Å². The van der Waals surface area contributed by atoms with Crippen LogP contribution in [0.2, 0.25) is 0 Å². The third kappa shape index (κ3) is 4.35. The Bertz CT molecular complexity index is 458. The van der Waals surface area contributed by atoms with Crippen LogP contribution in [0.25, 0.3) is 0 Å². The highest BCUT2D eigenvalue weighted by Crippen LogP contribution is 2.39. The van der Waals surface area contributed by atoms with Gasteiger partial charge in [0.15, 0.2) is 0 Å². The molecule has 3 rings (SSSR count). The standard InChI is InChI=1S/C17H25FN2.2ClH/c1-13-6-7-15(12-16(13)18)17(14-4-2-3-5-14)20-10-8-19-9-11-20;;/h6-7,12,14,17,19H,2-5,8-11H2,1H3;2*1H/t17-;;/m0../s1. The summed E-state index contributed by atoms with van der Waals surface area (Å²) in [6.45, 7) is 6.11. The van der Waals surface area contributed by atoms with Crippen molar-refractivity contribution < 1.29 is 4.39 Å². The highest BCUT2D eigenvalue weighted by Gasteiger charge is 2.32. The molecule has 1 saturated heterocycles. The van der Waals surface area contributed by atoms with Crippen LogP contribution in [0.3, 0.4) is 0 Å². The van der Waals surface area contributed by atoms with Gasteiger partial charge in [0.2, 0.25) is 0 Å². The third-order valence-electron chi connectivity index (χ3n) is 4.93. The van der Waals surface area contributed by atoms with Crippen LogP contribution in [-0.2, 0) is 0 Å². The van der Waals surface area contributed by atoms with Gasteiger partial charge in [0.1, 0.15) is 5.82 Å². The molecule has 0 bridgehead atoms. The molecular weight excluding hydrogens is 322 g/mol. The van der Waals surface area contributed by atoms with Crippen LogP contribution in [0, 0.1) is 18.7 Å². The number of aryl methyl sites for hydroxylation is 1. The monoisotopic (exact) mass is 348 g/mol. The summed E-state index contributed by atoms with van der Waals surface area (Å²) in [5.74, 6) is 0.649. The van der Waals surface area contributed by atoms with Crippen LogP contribution < -0.4 is 5.32 Å². The zero-order valence-electron chi connectivity index (χ0n) is 13.2. The van der Waals surface area contributed by atoms with Crippen LogP contribution >= 0.6 is 24.8 Å². The van der Waals surface area contributed by atoms with E-state index in [4.69, 9.17) is 0 Å². The Labute approximate surface area is 145 Å². The Balaban J connectivity index is 0.00000121. The van der Waals surface area contributed by atoms with E-state index in [0.717, 1.165) is 31.7 Å². The summed E-state index contributed by atoms with van der Waals surface area (Å²) in [5, 5.41) is 3.42. The minimum atomic E-state index is -0.0550. The van der Waals surface area contributed by atoms with Crippen molar-refractivity contribution in [2.24, 2.45) is 5.92 Å². The molecule has 1 aliphatic heterocycles. The molecule has 1 atom stereocenters. The molecule has 5 heteroatoms. The van der Waals surface area contributed by atoms with E-state index in [1.54, 1.807) is 6.07 Å². The predicted octanol–water partition coefficient (Wildman–Crippen LogP) is 4.11. The first-order valence-electron chi connectivity index (χ1n) is 7.96. The summed E-state index contributed by atoms with van der Waals surface area (Å²) in [6, 6.07) is 6.27. The number of halogens is 3. The molecule has 126 valence electrons. The number of nitrogens with zero attached hydrogens (tertiary/aromatic N) is 1. The van der Waals surface area contributed by atoms with Crippen LogP contribution in [0.1, 0.15) is 42.9 Å². The second kappa shape index (κ2) is 9.07. The molecule has 2 aliphatic rings. The smallest absolute Gasteiger partial charge is 0.126 e. The quantitative estimate of drug-likeness (QED) is 0.883. The summed E-state index contributed by atoms with van der Waals surface area (Å²) < 4.78 is 14.0.